The highest BCUT2D eigenvalue weighted by Crippen LogP contribution is 2.15. The van der Waals surface area contributed by atoms with Gasteiger partial charge in [-0.05, 0) is 29.8 Å². The van der Waals surface area contributed by atoms with Gasteiger partial charge in [0.25, 0.3) is 11.6 Å². The SMILES string of the molecule is CC(=[N+]=[N-])C(NC(=O)c1ccc(Cl)cc1)c1ccccc1. The van der Waals surface area contributed by atoms with E-state index in [4.69, 9.17) is 17.1 Å². The maximum absolute atomic E-state index is 12.3. The van der Waals surface area contributed by atoms with Gasteiger partial charge in [0.15, 0.2) is 6.04 Å². The molecule has 0 heterocycles. The summed E-state index contributed by atoms with van der Waals surface area (Å²) in [4.78, 5) is 15.5. The predicted molar refractivity (Wildman–Crippen MR) is 82.4 cm³/mol. The molecule has 106 valence electrons. The first-order valence-electron chi connectivity index (χ1n) is 6.41. The minimum absolute atomic E-state index is 0.261. The fourth-order valence-electron chi connectivity index (χ4n) is 1.95. The van der Waals surface area contributed by atoms with Crippen molar-refractivity contribution < 1.29 is 9.58 Å². The predicted octanol–water partition coefficient (Wildman–Crippen LogP) is 3.50. The molecular formula is C16H14ClN3O. The van der Waals surface area contributed by atoms with Gasteiger partial charge in [0.05, 0.1) is 0 Å². The summed E-state index contributed by atoms with van der Waals surface area (Å²) in [6, 6.07) is 15.4. The van der Waals surface area contributed by atoms with Crippen molar-refractivity contribution in [3.8, 4) is 0 Å². The minimum atomic E-state index is -0.487. The van der Waals surface area contributed by atoms with E-state index in [1.54, 1.807) is 31.2 Å². The first-order valence-corrected chi connectivity index (χ1v) is 6.79. The van der Waals surface area contributed by atoms with Crippen LogP contribution in [0.2, 0.25) is 5.02 Å². The lowest BCUT2D eigenvalue weighted by Gasteiger charge is -2.14. The van der Waals surface area contributed by atoms with Crippen molar-refractivity contribution in [3.63, 3.8) is 0 Å². The third kappa shape index (κ3) is 3.78. The van der Waals surface area contributed by atoms with Gasteiger partial charge in [0, 0.05) is 17.5 Å². The number of halogens is 1. The van der Waals surface area contributed by atoms with Gasteiger partial charge in [-0.1, -0.05) is 41.9 Å². The van der Waals surface area contributed by atoms with E-state index in [9.17, 15) is 4.79 Å². The van der Waals surface area contributed by atoms with E-state index < -0.39 is 6.04 Å². The normalized spacial score (nSPS) is 11.3. The number of amides is 1. The van der Waals surface area contributed by atoms with Crippen molar-refractivity contribution in [1.29, 1.82) is 0 Å². The average Bonchev–Trinajstić information content (AvgIpc) is 2.53. The molecule has 4 nitrogen and oxygen atoms in total. The van der Waals surface area contributed by atoms with Crippen LogP contribution in [0, 0.1) is 0 Å². The van der Waals surface area contributed by atoms with Gasteiger partial charge >= 0.3 is 0 Å². The lowest BCUT2D eigenvalue weighted by molar-refractivity contribution is -0.0116. The van der Waals surface area contributed by atoms with Crippen LogP contribution in [0.1, 0.15) is 28.9 Å². The molecule has 0 radical (unpaired) electrons. The largest absolute Gasteiger partial charge is 0.362 e. The highest BCUT2D eigenvalue weighted by atomic mass is 35.5. The molecule has 2 aromatic carbocycles. The second kappa shape index (κ2) is 6.84. The van der Waals surface area contributed by atoms with Crippen LogP contribution >= 0.6 is 11.6 Å². The molecule has 2 rings (SSSR count). The molecule has 2 aromatic rings. The topological polar surface area (TPSA) is 65.5 Å². The molecule has 0 aliphatic carbocycles. The number of nitrogens with zero attached hydrogens (tertiary/aromatic N) is 2. The van der Waals surface area contributed by atoms with Crippen molar-refractivity contribution >= 4 is 23.2 Å². The Morgan fingerprint density at radius 1 is 1.14 bits per heavy atom. The lowest BCUT2D eigenvalue weighted by Crippen LogP contribution is -2.33. The molecule has 0 saturated carbocycles. The smallest absolute Gasteiger partial charge is 0.292 e. The van der Waals surface area contributed by atoms with Crippen LogP contribution in [0.25, 0.3) is 5.53 Å². The zero-order chi connectivity index (χ0) is 15.2. The molecule has 0 saturated heterocycles. The maximum Gasteiger partial charge on any atom is 0.292 e. The van der Waals surface area contributed by atoms with E-state index >= 15 is 0 Å². The number of hydrogen-bond donors (Lipinski definition) is 1. The van der Waals surface area contributed by atoms with Crippen molar-refractivity contribution in [3.05, 3.63) is 76.3 Å². The van der Waals surface area contributed by atoms with Gasteiger partial charge in [-0.15, -0.1) is 0 Å². The van der Waals surface area contributed by atoms with Crippen LogP contribution in [0.4, 0.5) is 0 Å². The highest BCUT2D eigenvalue weighted by Gasteiger charge is 2.23. The molecular weight excluding hydrogens is 286 g/mol. The minimum Gasteiger partial charge on any atom is -0.362 e. The average molecular weight is 300 g/mol. The summed E-state index contributed by atoms with van der Waals surface area (Å²) in [6.07, 6.45) is 0. The van der Waals surface area contributed by atoms with Gasteiger partial charge < -0.3 is 10.8 Å². The standard InChI is InChI=1S/C16H14ClN3O/c1-11(20-18)15(12-5-3-2-4-6-12)19-16(21)13-7-9-14(17)10-8-13/h2-10,15H,1H3,(H,19,21). The number of nitrogens with one attached hydrogen (secondary N) is 1. The van der Waals surface area contributed by atoms with Crippen LogP contribution in [0.15, 0.2) is 54.6 Å². The van der Waals surface area contributed by atoms with Gasteiger partial charge in [-0.3, -0.25) is 4.79 Å². The van der Waals surface area contributed by atoms with Gasteiger partial charge in [0.2, 0.25) is 0 Å². The monoisotopic (exact) mass is 299 g/mol. The summed E-state index contributed by atoms with van der Waals surface area (Å²) in [5.41, 5.74) is 10.7. The second-order valence-electron chi connectivity index (χ2n) is 4.57. The van der Waals surface area contributed by atoms with Crippen LogP contribution in [0.5, 0.6) is 0 Å². The maximum atomic E-state index is 12.3. The summed E-state index contributed by atoms with van der Waals surface area (Å²) < 4.78 is 0. The first kappa shape index (κ1) is 15.0. The van der Waals surface area contributed by atoms with Crippen molar-refractivity contribution in [2.24, 2.45) is 0 Å². The van der Waals surface area contributed by atoms with E-state index in [2.05, 4.69) is 10.1 Å². The highest BCUT2D eigenvalue weighted by molar-refractivity contribution is 6.30. The number of benzene rings is 2. The first-order chi connectivity index (χ1) is 10.1. The number of rotatable bonds is 4. The van der Waals surface area contributed by atoms with E-state index in [-0.39, 0.29) is 5.91 Å². The Morgan fingerprint density at radius 3 is 2.33 bits per heavy atom. The number of carbonyl (C=O) groups is 1. The van der Waals surface area contributed by atoms with Crippen LogP contribution in [-0.4, -0.2) is 16.4 Å². The van der Waals surface area contributed by atoms with Crippen LogP contribution in [0.3, 0.4) is 0 Å². The van der Waals surface area contributed by atoms with Crippen molar-refractivity contribution in [1.82, 2.24) is 5.32 Å². The van der Waals surface area contributed by atoms with E-state index in [1.165, 1.54) is 0 Å². The summed E-state index contributed by atoms with van der Waals surface area (Å²) in [6.45, 7) is 1.65. The quantitative estimate of drug-likeness (QED) is 0.524. The van der Waals surface area contributed by atoms with Crippen LogP contribution in [-0.2, 0) is 0 Å². The summed E-state index contributed by atoms with van der Waals surface area (Å²) in [7, 11) is 0. The number of hydrogen-bond acceptors (Lipinski definition) is 1. The Morgan fingerprint density at radius 2 is 1.76 bits per heavy atom. The van der Waals surface area contributed by atoms with E-state index in [0.29, 0.717) is 16.3 Å². The third-order valence-electron chi connectivity index (χ3n) is 3.09. The summed E-state index contributed by atoms with van der Waals surface area (Å²) in [5, 5.41) is 3.42. The molecule has 1 amide bonds. The van der Waals surface area contributed by atoms with Gasteiger partial charge in [-0.2, -0.15) is 4.79 Å². The molecule has 1 atom stereocenters. The molecule has 1 unspecified atom stereocenters. The number of carbonyl (C=O) groups excluding carboxylic acids is 1. The van der Waals surface area contributed by atoms with Gasteiger partial charge in [0.1, 0.15) is 0 Å². The summed E-state index contributed by atoms with van der Waals surface area (Å²) >= 11 is 5.81. The molecule has 0 aromatic heterocycles. The molecule has 21 heavy (non-hydrogen) atoms. The fourth-order valence-corrected chi connectivity index (χ4v) is 2.07. The second-order valence-corrected chi connectivity index (χ2v) is 5.00. The fraction of sp³-hybridized carbons (Fsp3) is 0.125. The zero-order valence-corrected chi connectivity index (χ0v) is 12.2. The van der Waals surface area contributed by atoms with Crippen molar-refractivity contribution in [2.45, 2.75) is 13.0 Å². The van der Waals surface area contributed by atoms with E-state index in [1.807, 2.05) is 30.3 Å². The molecule has 0 aliphatic rings. The Bertz CT molecular complexity index is 676. The molecule has 0 fully saturated rings. The van der Waals surface area contributed by atoms with Crippen molar-refractivity contribution in [2.75, 3.05) is 0 Å². The molecule has 0 spiro atoms. The summed E-state index contributed by atoms with van der Waals surface area (Å²) in [5.74, 6) is -0.261. The zero-order valence-electron chi connectivity index (χ0n) is 11.5. The molecule has 5 heteroatoms. The Labute approximate surface area is 128 Å². The molecule has 1 N–H and O–H groups in total. The molecule has 0 aliphatic heterocycles. The van der Waals surface area contributed by atoms with E-state index in [0.717, 1.165) is 5.56 Å². The molecule has 0 bridgehead atoms. The Hall–Kier alpha value is -2.42. The Balaban J connectivity index is 2.25. The third-order valence-corrected chi connectivity index (χ3v) is 3.34. The Kier molecular flexibility index (Phi) is 4.88. The van der Waals surface area contributed by atoms with Gasteiger partial charge in [-0.25, -0.2) is 0 Å². The van der Waals surface area contributed by atoms with Crippen LogP contribution < -0.4 is 5.32 Å². The lowest BCUT2D eigenvalue weighted by atomic mass is 10.0.